The van der Waals surface area contributed by atoms with Gasteiger partial charge in [0.25, 0.3) is 0 Å². The molecular formula is C22H26N2O4S. The molecule has 2 aromatic carbocycles. The van der Waals surface area contributed by atoms with Gasteiger partial charge in [0.1, 0.15) is 5.75 Å². The van der Waals surface area contributed by atoms with Crippen LogP contribution in [-0.4, -0.2) is 56.8 Å². The smallest absolute Gasteiger partial charge is 0.246 e. The molecule has 1 aliphatic rings. The molecule has 1 saturated heterocycles. The maximum atomic E-state index is 12.9. The summed E-state index contributed by atoms with van der Waals surface area (Å²) in [4.78, 5) is 14.4. The van der Waals surface area contributed by atoms with E-state index in [9.17, 15) is 13.2 Å². The van der Waals surface area contributed by atoms with Crippen LogP contribution >= 0.6 is 0 Å². The second-order valence-corrected chi connectivity index (χ2v) is 9.02. The molecule has 1 aliphatic heterocycles. The lowest BCUT2D eigenvalue weighted by molar-refractivity contribution is -0.127. The number of hydrogen-bond donors (Lipinski definition) is 0. The Hall–Kier alpha value is -2.64. The maximum absolute atomic E-state index is 12.9. The first-order chi connectivity index (χ1) is 13.8. The van der Waals surface area contributed by atoms with Crippen LogP contribution in [0.1, 0.15) is 16.7 Å². The van der Waals surface area contributed by atoms with Crippen LogP contribution < -0.4 is 4.74 Å². The van der Waals surface area contributed by atoms with E-state index < -0.39 is 10.0 Å². The van der Waals surface area contributed by atoms with Crippen LogP contribution in [0.25, 0.3) is 6.08 Å². The van der Waals surface area contributed by atoms with Gasteiger partial charge in [-0.1, -0.05) is 18.2 Å². The Labute approximate surface area is 172 Å². The lowest BCUT2D eigenvalue weighted by atomic mass is 10.1. The zero-order valence-electron chi connectivity index (χ0n) is 17.0. The summed E-state index contributed by atoms with van der Waals surface area (Å²) in [6.07, 6.45) is 3.27. The number of benzene rings is 2. The van der Waals surface area contributed by atoms with E-state index in [4.69, 9.17) is 4.74 Å². The number of carbonyl (C=O) groups is 1. The van der Waals surface area contributed by atoms with Gasteiger partial charge < -0.3 is 9.64 Å². The van der Waals surface area contributed by atoms with Crippen LogP contribution in [0, 0.1) is 13.8 Å². The zero-order valence-corrected chi connectivity index (χ0v) is 17.8. The summed E-state index contributed by atoms with van der Waals surface area (Å²) in [5, 5.41) is 0. The lowest BCUT2D eigenvalue weighted by Crippen LogP contribution is -2.50. The second kappa shape index (κ2) is 8.80. The molecule has 0 unspecified atom stereocenters. The van der Waals surface area contributed by atoms with E-state index in [2.05, 4.69) is 0 Å². The van der Waals surface area contributed by atoms with E-state index in [1.54, 1.807) is 30.2 Å². The molecule has 2 aromatic rings. The van der Waals surface area contributed by atoms with Crippen LogP contribution in [0.4, 0.5) is 0 Å². The van der Waals surface area contributed by atoms with Crippen LogP contribution in [0.5, 0.6) is 5.75 Å². The minimum absolute atomic E-state index is 0.121. The molecule has 1 heterocycles. The predicted octanol–water partition coefficient (Wildman–Crippen LogP) is 2.86. The van der Waals surface area contributed by atoms with Gasteiger partial charge in [-0.25, -0.2) is 8.42 Å². The van der Waals surface area contributed by atoms with Crippen molar-refractivity contribution in [3.63, 3.8) is 0 Å². The molecular weight excluding hydrogens is 388 g/mol. The van der Waals surface area contributed by atoms with Gasteiger partial charge >= 0.3 is 0 Å². The van der Waals surface area contributed by atoms with E-state index in [0.29, 0.717) is 18.0 Å². The highest BCUT2D eigenvalue weighted by molar-refractivity contribution is 7.89. The van der Waals surface area contributed by atoms with Crippen LogP contribution in [-0.2, 0) is 14.8 Å². The predicted molar refractivity (Wildman–Crippen MR) is 113 cm³/mol. The molecule has 1 fully saturated rings. The Balaban J connectivity index is 1.61. The largest absolute Gasteiger partial charge is 0.497 e. The molecule has 0 saturated carbocycles. The number of hydrogen-bond acceptors (Lipinski definition) is 4. The molecule has 1 amide bonds. The normalized spacial score (nSPS) is 15.6. The van der Waals surface area contributed by atoms with Gasteiger partial charge in [0.2, 0.25) is 15.9 Å². The molecule has 7 heteroatoms. The van der Waals surface area contributed by atoms with Crippen molar-refractivity contribution in [2.75, 3.05) is 33.3 Å². The zero-order chi connectivity index (χ0) is 21.0. The summed E-state index contributed by atoms with van der Waals surface area (Å²) in [6, 6.07) is 12.6. The Morgan fingerprint density at radius 2 is 1.62 bits per heavy atom. The highest BCUT2D eigenvalue weighted by Crippen LogP contribution is 2.20. The number of methoxy groups -OCH3 is 1. The number of aryl methyl sites for hydroxylation is 2. The van der Waals surface area contributed by atoms with Crippen molar-refractivity contribution < 1.29 is 17.9 Å². The number of ether oxygens (including phenoxy) is 1. The van der Waals surface area contributed by atoms with E-state index >= 15 is 0 Å². The molecule has 0 N–H and O–H groups in total. The molecule has 0 bridgehead atoms. The van der Waals surface area contributed by atoms with Gasteiger partial charge in [-0.15, -0.1) is 0 Å². The van der Waals surface area contributed by atoms with Gasteiger partial charge in [-0.05, 0) is 60.9 Å². The number of amides is 1. The first-order valence-electron chi connectivity index (χ1n) is 9.50. The van der Waals surface area contributed by atoms with Crippen molar-refractivity contribution in [3.05, 3.63) is 65.2 Å². The molecule has 29 heavy (non-hydrogen) atoms. The van der Waals surface area contributed by atoms with Gasteiger partial charge in [-0.3, -0.25) is 4.79 Å². The number of rotatable bonds is 5. The van der Waals surface area contributed by atoms with Crippen LogP contribution in [0.15, 0.2) is 53.4 Å². The average Bonchev–Trinajstić information content (AvgIpc) is 2.74. The number of nitrogens with zero attached hydrogens (tertiary/aromatic N) is 2. The van der Waals surface area contributed by atoms with Crippen LogP contribution in [0.3, 0.4) is 0 Å². The fraction of sp³-hybridized carbons (Fsp3) is 0.318. The molecule has 0 spiro atoms. The average molecular weight is 415 g/mol. The summed E-state index contributed by atoms with van der Waals surface area (Å²) in [6.45, 7) is 5.18. The Morgan fingerprint density at radius 3 is 2.21 bits per heavy atom. The maximum Gasteiger partial charge on any atom is 0.246 e. The van der Waals surface area contributed by atoms with Crippen molar-refractivity contribution in [2.24, 2.45) is 0 Å². The van der Waals surface area contributed by atoms with Crippen molar-refractivity contribution in [1.82, 2.24) is 9.21 Å². The fourth-order valence-electron chi connectivity index (χ4n) is 3.16. The Bertz CT molecular complexity index is 1010. The van der Waals surface area contributed by atoms with E-state index in [1.165, 1.54) is 10.4 Å². The van der Waals surface area contributed by atoms with Crippen LogP contribution in [0.2, 0.25) is 0 Å². The summed E-state index contributed by atoms with van der Waals surface area (Å²) < 4.78 is 32.3. The molecule has 0 aliphatic carbocycles. The highest BCUT2D eigenvalue weighted by atomic mass is 32.2. The summed E-state index contributed by atoms with van der Waals surface area (Å²) in [5.41, 5.74) is 2.90. The van der Waals surface area contributed by atoms with Crippen molar-refractivity contribution in [2.45, 2.75) is 18.7 Å². The van der Waals surface area contributed by atoms with E-state index in [1.807, 2.05) is 44.2 Å². The van der Waals surface area contributed by atoms with Crippen molar-refractivity contribution in [1.29, 1.82) is 0 Å². The van der Waals surface area contributed by atoms with Gasteiger partial charge in [0, 0.05) is 32.3 Å². The third-order valence-electron chi connectivity index (χ3n) is 5.20. The third kappa shape index (κ3) is 4.86. The minimum Gasteiger partial charge on any atom is -0.497 e. The van der Waals surface area contributed by atoms with Crippen molar-refractivity contribution in [3.8, 4) is 5.75 Å². The standard InChI is InChI=1S/C22H26N2O4S/c1-17-4-10-21(16-18(17)2)29(26,27)24-14-12-23(13-15-24)22(25)11-7-19-5-8-20(28-3)9-6-19/h4-11,16H,12-15H2,1-3H3/b11-7+. The quantitative estimate of drug-likeness (QED) is 0.706. The Morgan fingerprint density at radius 1 is 0.966 bits per heavy atom. The monoisotopic (exact) mass is 414 g/mol. The minimum atomic E-state index is -3.55. The van der Waals surface area contributed by atoms with E-state index in [0.717, 1.165) is 22.4 Å². The number of carbonyl (C=O) groups excluding carboxylic acids is 1. The molecule has 154 valence electrons. The molecule has 3 rings (SSSR count). The van der Waals surface area contributed by atoms with E-state index in [-0.39, 0.29) is 19.0 Å². The van der Waals surface area contributed by atoms with Crippen molar-refractivity contribution >= 4 is 22.0 Å². The molecule has 6 nitrogen and oxygen atoms in total. The first-order valence-corrected chi connectivity index (χ1v) is 10.9. The summed E-state index contributed by atoms with van der Waals surface area (Å²) in [5.74, 6) is 0.638. The summed E-state index contributed by atoms with van der Waals surface area (Å²) in [7, 11) is -1.94. The SMILES string of the molecule is COc1ccc(/C=C/C(=O)N2CCN(S(=O)(=O)c3ccc(C)c(C)c3)CC2)cc1. The number of piperazine rings is 1. The van der Waals surface area contributed by atoms with Gasteiger partial charge in [0.05, 0.1) is 12.0 Å². The topological polar surface area (TPSA) is 66.9 Å². The molecule has 0 radical (unpaired) electrons. The number of sulfonamides is 1. The lowest BCUT2D eigenvalue weighted by Gasteiger charge is -2.33. The Kier molecular flexibility index (Phi) is 6.39. The highest BCUT2D eigenvalue weighted by Gasteiger charge is 2.29. The third-order valence-corrected chi connectivity index (χ3v) is 7.10. The van der Waals surface area contributed by atoms with Gasteiger partial charge in [0.15, 0.2) is 0 Å². The first kappa shape index (κ1) is 21.1. The summed E-state index contributed by atoms with van der Waals surface area (Å²) >= 11 is 0. The fourth-order valence-corrected chi connectivity index (χ4v) is 4.67. The molecule has 0 atom stereocenters. The molecule has 0 aromatic heterocycles. The second-order valence-electron chi connectivity index (χ2n) is 7.08. The van der Waals surface area contributed by atoms with Gasteiger partial charge in [-0.2, -0.15) is 4.31 Å².